The van der Waals surface area contributed by atoms with E-state index in [0.717, 1.165) is 11.1 Å². The second-order valence-electron chi connectivity index (χ2n) is 5.01. The minimum Gasteiger partial charge on any atom is -0.465 e. The number of amides is 2. The summed E-state index contributed by atoms with van der Waals surface area (Å²) in [5.74, 6) is -0.0793. The monoisotopic (exact) mass is 298 g/mol. The van der Waals surface area contributed by atoms with Crippen molar-refractivity contribution in [1.82, 2.24) is 14.9 Å². The van der Waals surface area contributed by atoms with Crippen molar-refractivity contribution in [1.29, 1.82) is 0 Å². The zero-order valence-electron chi connectivity index (χ0n) is 11.9. The molecule has 1 aliphatic rings. The molecule has 0 aliphatic carbocycles. The number of fused-ring (bicyclic) bond motifs is 1. The molecule has 0 atom stereocenters. The highest BCUT2D eigenvalue weighted by molar-refractivity contribution is 5.87. The fourth-order valence-electron chi connectivity index (χ4n) is 2.44. The first kappa shape index (κ1) is 14.0. The largest absolute Gasteiger partial charge is 0.465 e. The van der Waals surface area contributed by atoms with Crippen LogP contribution in [0.15, 0.2) is 30.3 Å². The van der Waals surface area contributed by atoms with E-state index in [0.29, 0.717) is 11.4 Å². The molecular formula is C15H14N4O3. The van der Waals surface area contributed by atoms with E-state index >= 15 is 0 Å². The minimum absolute atomic E-state index is 0.192. The topological polar surface area (TPSA) is 95.4 Å². The first-order valence-electron chi connectivity index (χ1n) is 6.75. The zero-order chi connectivity index (χ0) is 15.7. The Bertz CT molecular complexity index is 746. The van der Waals surface area contributed by atoms with Crippen molar-refractivity contribution in [2.75, 3.05) is 5.32 Å². The molecule has 0 saturated carbocycles. The van der Waals surface area contributed by atoms with Gasteiger partial charge in [-0.15, -0.1) is 0 Å². The average molecular weight is 298 g/mol. The molecule has 7 nitrogen and oxygen atoms in total. The van der Waals surface area contributed by atoms with Crippen LogP contribution >= 0.6 is 0 Å². The fraction of sp³-hybridized carbons (Fsp3) is 0.200. The number of carbonyl (C=O) groups is 2. The molecule has 0 fully saturated rings. The number of carbonyl (C=O) groups excluding carboxylic acids is 1. The summed E-state index contributed by atoms with van der Waals surface area (Å²) in [6, 6.07) is 9.44. The summed E-state index contributed by atoms with van der Waals surface area (Å²) in [5.41, 5.74) is 2.92. The Morgan fingerprint density at radius 3 is 2.55 bits per heavy atom. The first-order chi connectivity index (χ1) is 10.5. The van der Waals surface area contributed by atoms with Gasteiger partial charge in [0.1, 0.15) is 0 Å². The van der Waals surface area contributed by atoms with Gasteiger partial charge < -0.3 is 5.11 Å². The lowest BCUT2D eigenvalue weighted by molar-refractivity contribution is -0.114. The van der Waals surface area contributed by atoms with Gasteiger partial charge in [-0.1, -0.05) is 30.3 Å². The van der Waals surface area contributed by atoms with Crippen LogP contribution in [-0.2, 0) is 17.9 Å². The zero-order valence-corrected chi connectivity index (χ0v) is 11.9. The maximum Gasteiger partial charge on any atom is 0.407 e. The van der Waals surface area contributed by atoms with Crippen LogP contribution in [0.1, 0.15) is 18.2 Å². The molecule has 0 unspecified atom stereocenters. The fourth-order valence-corrected chi connectivity index (χ4v) is 2.44. The van der Waals surface area contributed by atoms with Crippen molar-refractivity contribution in [3.63, 3.8) is 0 Å². The summed E-state index contributed by atoms with van der Waals surface area (Å²) in [6.45, 7) is 1.82. The van der Waals surface area contributed by atoms with E-state index in [1.54, 1.807) is 0 Å². The van der Waals surface area contributed by atoms with E-state index in [1.807, 2.05) is 30.3 Å². The molecule has 1 aromatic heterocycles. The molecule has 22 heavy (non-hydrogen) atoms. The molecule has 112 valence electrons. The highest BCUT2D eigenvalue weighted by Gasteiger charge is 2.28. The summed E-state index contributed by atoms with van der Waals surface area (Å²) in [5, 5.41) is 11.7. The normalized spacial score (nSPS) is 12.9. The van der Waals surface area contributed by atoms with Crippen molar-refractivity contribution < 1.29 is 14.7 Å². The Hall–Kier alpha value is -2.96. The van der Waals surface area contributed by atoms with Crippen molar-refractivity contribution in [2.45, 2.75) is 20.0 Å². The lowest BCUT2D eigenvalue weighted by atomic mass is 10.1. The van der Waals surface area contributed by atoms with Gasteiger partial charge >= 0.3 is 6.09 Å². The van der Waals surface area contributed by atoms with Crippen molar-refractivity contribution in [2.24, 2.45) is 0 Å². The maximum atomic E-state index is 11.2. The van der Waals surface area contributed by atoms with Gasteiger partial charge in [0.2, 0.25) is 11.9 Å². The van der Waals surface area contributed by atoms with Crippen LogP contribution < -0.4 is 5.32 Å². The number of aromatic nitrogens is 2. The number of rotatable bonds is 2. The second-order valence-corrected chi connectivity index (χ2v) is 5.01. The highest BCUT2D eigenvalue weighted by atomic mass is 16.4. The maximum absolute atomic E-state index is 11.2. The number of benzene rings is 1. The lowest BCUT2D eigenvalue weighted by Crippen LogP contribution is -2.22. The van der Waals surface area contributed by atoms with Crippen molar-refractivity contribution >= 4 is 17.9 Å². The van der Waals surface area contributed by atoms with Crippen molar-refractivity contribution in [3.05, 3.63) is 41.6 Å². The Labute approximate surface area is 126 Å². The average Bonchev–Trinajstić information content (AvgIpc) is 2.91. The summed E-state index contributed by atoms with van der Waals surface area (Å²) in [4.78, 5) is 32.3. The molecular weight excluding hydrogens is 284 g/mol. The standard InChI is InChI=1S/C15H14N4O3/c1-9(20)16-14-17-12-8-19(15(21)22)7-11(12)13(18-14)10-5-3-2-4-6-10/h2-6H,7-8H2,1H3,(H,21,22)(H,16,17,18,20). The molecule has 7 heteroatoms. The number of hydrogen-bond acceptors (Lipinski definition) is 4. The Balaban J connectivity index is 2.10. The van der Waals surface area contributed by atoms with Gasteiger partial charge in [0, 0.05) is 18.1 Å². The smallest absolute Gasteiger partial charge is 0.407 e. The Kier molecular flexibility index (Phi) is 3.46. The summed E-state index contributed by atoms with van der Waals surface area (Å²) in [7, 11) is 0. The van der Waals surface area contributed by atoms with Gasteiger partial charge in [0.15, 0.2) is 0 Å². The molecule has 2 amide bonds. The van der Waals surface area contributed by atoms with Crippen LogP contribution in [0.2, 0.25) is 0 Å². The van der Waals surface area contributed by atoms with E-state index in [4.69, 9.17) is 5.11 Å². The third-order valence-corrected chi connectivity index (χ3v) is 3.39. The molecule has 0 saturated heterocycles. The van der Waals surface area contributed by atoms with Crippen LogP contribution in [0.3, 0.4) is 0 Å². The van der Waals surface area contributed by atoms with Gasteiger partial charge in [-0.3, -0.25) is 15.0 Å². The number of hydrogen-bond donors (Lipinski definition) is 2. The van der Waals surface area contributed by atoms with Crippen LogP contribution in [0.25, 0.3) is 11.3 Å². The van der Waals surface area contributed by atoms with Crippen LogP contribution in [0.4, 0.5) is 10.7 Å². The minimum atomic E-state index is -1.00. The summed E-state index contributed by atoms with van der Waals surface area (Å²) < 4.78 is 0. The molecule has 3 rings (SSSR count). The number of nitrogens with zero attached hydrogens (tertiary/aromatic N) is 3. The van der Waals surface area contributed by atoms with Gasteiger partial charge in [-0.05, 0) is 0 Å². The third-order valence-electron chi connectivity index (χ3n) is 3.39. The number of nitrogens with one attached hydrogen (secondary N) is 1. The SMILES string of the molecule is CC(=O)Nc1nc2c(c(-c3ccccc3)n1)CN(C(=O)O)C2. The highest BCUT2D eigenvalue weighted by Crippen LogP contribution is 2.31. The van der Waals surface area contributed by atoms with Crippen LogP contribution in [0, 0.1) is 0 Å². The predicted octanol–water partition coefficient (Wildman–Crippen LogP) is 2.10. The van der Waals surface area contributed by atoms with Gasteiger partial charge in [0.05, 0.1) is 24.5 Å². The van der Waals surface area contributed by atoms with E-state index in [9.17, 15) is 9.59 Å². The van der Waals surface area contributed by atoms with E-state index in [1.165, 1.54) is 11.8 Å². The van der Waals surface area contributed by atoms with Crippen LogP contribution in [0.5, 0.6) is 0 Å². The Morgan fingerprint density at radius 1 is 1.18 bits per heavy atom. The molecule has 0 radical (unpaired) electrons. The van der Waals surface area contributed by atoms with Gasteiger partial charge in [-0.2, -0.15) is 0 Å². The quantitative estimate of drug-likeness (QED) is 0.885. The third kappa shape index (κ3) is 2.60. The molecule has 2 heterocycles. The predicted molar refractivity (Wildman–Crippen MR) is 79.0 cm³/mol. The number of carboxylic acid groups (broad SMARTS) is 1. The molecule has 0 spiro atoms. The van der Waals surface area contributed by atoms with Crippen molar-refractivity contribution in [3.8, 4) is 11.3 Å². The molecule has 2 N–H and O–H groups in total. The van der Waals surface area contributed by atoms with E-state index in [2.05, 4.69) is 15.3 Å². The lowest BCUT2D eigenvalue weighted by Gasteiger charge is -2.10. The van der Waals surface area contributed by atoms with Gasteiger partial charge in [-0.25, -0.2) is 14.8 Å². The Morgan fingerprint density at radius 2 is 1.91 bits per heavy atom. The molecule has 0 bridgehead atoms. The first-order valence-corrected chi connectivity index (χ1v) is 6.75. The van der Waals surface area contributed by atoms with E-state index < -0.39 is 6.09 Å². The number of anilines is 1. The summed E-state index contributed by atoms with van der Waals surface area (Å²) >= 11 is 0. The second kappa shape index (κ2) is 5.44. The summed E-state index contributed by atoms with van der Waals surface area (Å²) in [6.07, 6.45) is -1.00. The molecule has 2 aromatic rings. The van der Waals surface area contributed by atoms with Crippen LogP contribution in [-0.4, -0.2) is 32.0 Å². The van der Waals surface area contributed by atoms with E-state index in [-0.39, 0.29) is 24.9 Å². The van der Waals surface area contributed by atoms with Gasteiger partial charge in [0.25, 0.3) is 0 Å². The molecule has 1 aromatic carbocycles. The molecule has 1 aliphatic heterocycles.